The summed E-state index contributed by atoms with van der Waals surface area (Å²) in [4.78, 5) is 4.34. The summed E-state index contributed by atoms with van der Waals surface area (Å²) >= 11 is 0. The van der Waals surface area contributed by atoms with Crippen molar-refractivity contribution in [2.75, 3.05) is 0 Å². The molecule has 0 fully saturated rings. The highest BCUT2D eigenvalue weighted by atomic mass is 28.1. The highest BCUT2D eigenvalue weighted by Gasteiger charge is 2.07. The third-order valence-corrected chi connectivity index (χ3v) is 2.91. The van der Waals surface area contributed by atoms with Gasteiger partial charge >= 0.3 is 0 Å². The number of aromatic nitrogens is 1. The molecule has 0 saturated carbocycles. The zero-order valence-electron chi connectivity index (χ0n) is 8.65. The molecule has 2 heteroatoms. The Bertz CT molecular complexity index is 294. The molecule has 0 unspecified atom stereocenters. The van der Waals surface area contributed by atoms with Crippen molar-refractivity contribution in [3.05, 3.63) is 22.9 Å². The Balaban J connectivity index is 3.27. The first-order valence-electron chi connectivity index (χ1n) is 4.95. The predicted molar refractivity (Wildman–Crippen MR) is 57.8 cm³/mol. The van der Waals surface area contributed by atoms with E-state index in [0.29, 0.717) is 0 Å². The Morgan fingerprint density at radius 1 is 1.08 bits per heavy atom. The van der Waals surface area contributed by atoms with Crippen LogP contribution >= 0.6 is 0 Å². The minimum absolute atomic E-state index is 1.01. The second kappa shape index (κ2) is 4.56. The maximum Gasteiger partial charge on any atom is 0.0999 e. The molecule has 13 heavy (non-hydrogen) atoms. The molecule has 3 radical (unpaired) electrons. The van der Waals surface area contributed by atoms with Crippen molar-refractivity contribution in [1.29, 1.82) is 0 Å². The average molecular weight is 190 g/mol. The zero-order chi connectivity index (χ0) is 9.84. The molecule has 69 valence electrons. The summed E-state index contributed by atoms with van der Waals surface area (Å²) in [5, 5.41) is 1.01. The third kappa shape index (κ3) is 1.99. The number of aryl methyl sites for hydroxylation is 1. The van der Waals surface area contributed by atoms with Crippen molar-refractivity contribution in [3.8, 4) is 0 Å². The van der Waals surface area contributed by atoms with Crippen molar-refractivity contribution in [1.82, 2.24) is 4.98 Å². The first-order chi connectivity index (χ1) is 6.24. The van der Waals surface area contributed by atoms with E-state index >= 15 is 0 Å². The van der Waals surface area contributed by atoms with Gasteiger partial charge in [-0.3, -0.25) is 4.98 Å². The summed E-state index contributed by atoms with van der Waals surface area (Å²) in [7, 11) is 3.55. The summed E-state index contributed by atoms with van der Waals surface area (Å²) in [5.74, 6) is 0. The van der Waals surface area contributed by atoms with E-state index < -0.39 is 0 Å². The fourth-order valence-corrected chi connectivity index (χ4v) is 2.15. The fraction of sp³-hybridized carbons (Fsp3) is 0.545. The van der Waals surface area contributed by atoms with Gasteiger partial charge in [0.1, 0.15) is 0 Å². The molecule has 1 aromatic heterocycles. The molecule has 1 rings (SSSR count). The summed E-state index contributed by atoms with van der Waals surface area (Å²) < 4.78 is 0. The van der Waals surface area contributed by atoms with Crippen LogP contribution < -0.4 is 5.32 Å². The quantitative estimate of drug-likeness (QED) is 0.659. The summed E-state index contributed by atoms with van der Waals surface area (Å²) in [6.45, 7) is 6.57. The van der Waals surface area contributed by atoms with Gasteiger partial charge in [-0.1, -0.05) is 20.8 Å². The van der Waals surface area contributed by atoms with E-state index in [1.807, 2.05) is 6.20 Å². The standard InChI is InChI=1S/C11H16NSi/c1-4-8-7-12-11(13)10(6-3)9(8)5-2/h7H,4-6H2,1-3H3. The SMILES string of the molecule is CCc1cnc([Si])c(CC)c1CC. The average Bonchev–Trinajstić information content (AvgIpc) is 2.17. The molecule has 0 N–H and O–H groups in total. The molecule has 0 aliphatic heterocycles. The van der Waals surface area contributed by atoms with Gasteiger partial charge in [0.05, 0.1) is 10.2 Å². The van der Waals surface area contributed by atoms with Gasteiger partial charge in [0.25, 0.3) is 0 Å². The smallest absolute Gasteiger partial charge is 0.0999 e. The molecule has 0 aromatic carbocycles. The number of nitrogens with zero attached hydrogens (tertiary/aromatic N) is 1. The molecule has 0 spiro atoms. The maximum atomic E-state index is 4.34. The Morgan fingerprint density at radius 2 is 1.69 bits per heavy atom. The van der Waals surface area contributed by atoms with Crippen LogP contribution in [0.5, 0.6) is 0 Å². The van der Waals surface area contributed by atoms with Crippen LogP contribution in [0.25, 0.3) is 0 Å². The van der Waals surface area contributed by atoms with Crippen LogP contribution in [0.2, 0.25) is 0 Å². The van der Waals surface area contributed by atoms with Crippen LogP contribution in [-0.4, -0.2) is 15.2 Å². The lowest BCUT2D eigenvalue weighted by molar-refractivity contribution is 0.967. The van der Waals surface area contributed by atoms with Gasteiger partial charge in [0.15, 0.2) is 0 Å². The van der Waals surface area contributed by atoms with Crippen LogP contribution in [0.1, 0.15) is 37.5 Å². The molecule has 1 aromatic rings. The second-order valence-electron chi connectivity index (χ2n) is 3.15. The molecule has 1 heterocycles. The predicted octanol–water partition coefficient (Wildman–Crippen LogP) is 1.56. The van der Waals surface area contributed by atoms with Gasteiger partial charge in [-0.15, -0.1) is 0 Å². The molecule has 0 amide bonds. The van der Waals surface area contributed by atoms with E-state index in [1.165, 1.54) is 16.7 Å². The lowest BCUT2D eigenvalue weighted by atomic mass is 9.99. The van der Waals surface area contributed by atoms with Gasteiger partial charge in [0.2, 0.25) is 0 Å². The second-order valence-corrected chi connectivity index (χ2v) is 3.62. The Morgan fingerprint density at radius 3 is 2.15 bits per heavy atom. The molecular weight excluding hydrogens is 174 g/mol. The summed E-state index contributed by atoms with van der Waals surface area (Å²) in [6.07, 6.45) is 5.23. The fourth-order valence-electron chi connectivity index (χ4n) is 1.76. The van der Waals surface area contributed by atoms with E-state index in [0.717, 1.165) is 24.6 Å². The zero-order valence-corrected chi connectivity index (χ0v) is 9.65. The van der Waals surface area contributed by atoms with Crippen molar-refractivity contribution in [2.24, 2.45) is 0 Å². The third-order valence-electron chi connectivity index (χ3n) is 2.48. The normalized spacial score (nSPS) is 10.5. The molecule has 0 aliphatic rings. The van der Waals surface area contributed by atoms with E-state index in [4.69, 9.17) is 0 Å². The monoisotopic (exact) mass is 190 g/mol. The van der Waals surface area contributed by atoms with Crippen LogP contribution in [0.15, 0.2) is 6.20 Å². The summed E-state index contributed by atoms with van der Waals surface area (Å²) in [5.41, 5.74) is 4.24. The number of hydrogen-bond donors (Lipinski definition) is 0. The van der Waals surface area contributed by atoms with Crippen LogP contribution in [-0.2, 0) is 19.3 Å². The maximum absolute atomic E-state index is 4.34. The Hall–Kier alpha value is -0.633. The van der Waals surface area contributed by atoms with Gasteiger partial charge in [0, 0.05) is 11.5 Å². The topological polar surface area (TPSA) is 12.9 Å². The van der Waals surface area contributed by atoms with Crippen molar-refractivity contribution in [3.63, 3.8) is 0 Å². The molecular formula is C11H16NSi. The summed E-state index contributed by atoms with van der Waals surface area (Å²) in [6, 6.07) is 0. The van der Waals surface area contributed by atoms with E-state index in [2.05, 4.69) is 36.0 Å². The van der Waals surface area contributed by atoms with E-state index in [-0.39, 0.29) is 0 Å². The van der Waals surface area contributed by atoms with E-state index in [9.17, 15) is 0 Å². The molecule has 0 bridgehead atoms. The largest absolute Gasteiger partial charge is 0.266 e. The van der Waals surface area contributed by atoms with Crippen LogP contribution in [0.3, 0.4) is 0 Å². The van der Waals surface area contributed by atoms with Crippen molar-refractivity contribution >= 4 is 15.6 Å². The van der Waals surface area contributed by atoms with Gasteiger partial charge in [-0.2, -0.15) is 0 Å². The van der Waals surface area contributed by atoms with Gasteiger partial charge in [-0.05, 0) is 36.0 Å². The van der Waals surface area contributed by atoms with Gasteiger partial charge < -0.3 is 0 Å². The van der Waals surface area contributed by atoms with Crippen molar-refractivity contribution in [2.45, 2.75) is 40.0 Å². The van der Waals surface area contributed by atoms with Crippen molar-refractivity contribution < 1.29 is 0 Å². The molecule has 0 atom stereocenters. The molecule has 1 nitrogen and oxygen atoms in total. The minimum Gasteiger partial charge on any atom is -0.266 e. The Kier molecular flexibility index (Phi) is 3.67. The lowest BCUT2D eigenvalue weighted by Crippen LogP contribution is -2.18. The lowest BCUT2D eigenvalue weighted by Gasteiger charge is -2.12. The van der Waals surface area contributed by atoms with Gasteiger partial charge in [-0.25, -0.2) is 0 Å². The highest BCUT2D eigenvalue weighted by molar-refractivity contribution is 6.31. The molecule has 0 saturated heterocycles. The number of rotatable bonds is 3. The minimum atomic E-state index is 1.01. The van der Waals surface area contributed by atoms with Crippen LogP contribution in [0, 0.1) is 0 Å². The first kappa shape index (κ1) is 10.4. The van der Waals surface area contributed by atoms with E-state index in [1.54, 1.807) is 0 Å². The number of hydrogen-bond acceptors (Lipinski definition) is 1. The number of pyridine rings is 1. The molecule has 0 aliphatic carbocycles. The highest BCUT2D eigenvalue weighted by Crippen LogP contribution is 2.13. The Labute approximate surface area is 84.0 Å². The first-order valence-corrected chi connectivity index (χ1v) is 5.45. The van der Waals surface area contributed by atoms with Crippen LogP contribution in [0.4, 0.5) is 0 Å².